The van der Waals surface area contributed by atoms with Gasteiger partial charge in [-0.05, 0) is 64.7 Å². The molecule has 0 radical (unpaired) electrons. The number of benzene rings is 1. The molecule has 3 rings (SSSR count). The highest BCUT2D eigenvalue weighted by atomic mass is 35.5. The van der Waals surface area contributed by atoms with Crippen LogP contribution in [0.25, 0.3) is 0 Å². The minimum Gasteiger partial charge on any atom is -0.468 e. The van der Waals surface area contributed by atoms with Crippen LogP contribution in [0.4, 0.5) is 0 Å². The largest absolute Gasteiger partial charge is 0.468 e. The predicted molar refractivity (Wildman–Crippen MR) is 137 cm³/mol. The molecule has 2 unspecified atom stereocenters. The molecular formula is C27H34ClN3O4. The summed E-state index contributed by atoms with van der Waals surface area (Å²) in [5.41, 5.74) is 4.34. The number of aryl methyl sites for hydroxylation is 3. The van der Waals surface area contributed by atoms with E-state index < -0.39 is 23.8 Å². The van der Waals surface area contributed by atoms with Gasteiger partial charge in [-0.2, -0.15) is 5.10 Å². The van der Waals surface area contributed by atoms with Crippen LogP contribution in [-0.2, 0) is 25.6 Å². The van der Waals surface area contributed by atoms with Gasteiger partial charge in [0.1, 0.15) is 5.92 Å². The Morgan fingerprint density at radius 3 is 2.43 bits per heavy atom. The summed E-state index contributed by atoms with van der Waals surface area (Å²) in [5.74, 6) is -2.31. The van der Waals surface area contributed by atoms with Crippen molar-refractivity contribution in [1.29, 1.82) is 0 Å². The summed E-state index contributed by atoms with van der Waals surface area (Å²) >= 11 is 6.49. The molecule has 188 valence electrons. The molecule has 0 bridgehead atoms. The van der Waals surface area contributed by atoms with Crippen molar-refractivity contribution in [3.8, 4) is 0 Å². The van der Waals surface area contributed by atoms with E-state index in [2.05, 4.69) is 23.1 Å². The Morgan fingerprint density at radius 2 is 1.77 bits per heavy atom. The first kappa shape index (κ1) is 26.7. The summed E-state index contributed by atoms with van der Waals surface area (Å²) in [6.45, 7) is 8.78. The van der Waals surface area contributed by atoms with E-state index in [0.717, 1.165) is 37.9 Å². The van der Waals surface area contributed by atoms with E-state index in [1.54, 1.807) is 19.9 Å². The lowest BCUT2D eigenvalue weighted by Gasteiger charge is -2.31. The highest BCUT2D eigenvalue weighted by Gasteiger charge is 2.42. The smallest absolute Gasteiger partial charge is 0.336 e. The number of halogens is 1. The molecule has 2 atom stereocenters. The number of ether oxygens (including phenoxy) is 2. The van der Waals surface area contributed by atoms with E-state index in [-0.39, 0.29) is 0 Å². The van der Waals surface area contributed by atoms with Crippen molar-refractivity contribution in [1.82, 2.24) is 9.78 Å². The van der Waals surface area contributed by atoms with Crippen molar-refractivity contribution in [2.75, 3.05) is 13.7 Å². The molecule has 2 aromatic rings. The van der Waals surface area contributed by atoms with E-state index in [1.165, 1.54) is 12.8 Å². The second-order valence-electron chi connectivity index (χ2n) is 8.95. The first-order valence-corrected chi connectivity index (χ1v) is 12.4. The van der Waals surface area contributed by atoms with Crippen LogP contribution < -0.4 is 0 Å². The number of rotatable bonds is 10. The Hall–Kier alpha value is -2.93. The lowest BCUT2D eigenvalue weighted by Crippen LogP contribution is -2.36. The number of hydrogen-bond donors (Lipinski definition) is 0. The highest BCUT2D eigenvalue weighted by Crippen LogP contribution is 2.42. The second-order valence-corrected chi connectivity index (χ2v) is 9.36. The van der Waals surface area contributed by atoms with E-state index in [1.807, 2.05) is 29.8 Å². The van der Waals surface area contributed by atoms with Gasteiger partial charge in [-0.25, -0.2) is 4.79 Å². The molecule has 2 heterocycles. The SMILES string of the molecule is COC(=O)C1C(C)=NC(C)=C(C(=O)OCCCCCCn2nc(C)cc2C)C1c1ccccc1Cl. The molecule has 0 aliphatic carbocycles. The van der Waals surface area contributed by atoms with Crippen LogP contribution in [0.1, 0.15) is 62.4 Å². The van der Waals surface area contributed by atoms with Crippen LogP contribution in [0, 0.1) is 19.8 Å². The van der Waals surface area contributed by atoms with Gasteiger partial charge in [-0.15, -0.1) is 0 Å². The summed E-state index contributed by atoms with van der Waals surface area (Å²) in [6, 6.07) is 9.29. The lowest BCUT2D eigenvalue weighted by atomic mass is 9.75. The topological polar surface area (TPSA) is 82.8 Å². The Balaban J connectivity index is 1.63. The molecule has 1 aliphatic rings. The Bertz CT molecular complexity index is 1140. The fourth-order valence-corrected chi connectivity index (χ4v) is 4.91. The monoisotopic (exact) mass is 499 g/mol. The quantitative estimate of drug-likeness (QED) is 0.315. The van der Waals surface area contributed by atoms with Crippen LogP contribution in [-0.4, -0.2) is 41.1 Å². The van der Waals surface area contributed by atoms with E-state index in [9.17, 15) is 9.59 Å². The number of aliphatic imine (C=N–C) groups is 1. The van der Waals surface area contributed by atoms with Crippen molar-refractivity contribution >= 4 is 29.3 Å². The van der Waals surface area contributed by atoms with Crippen molar-refractivity contribution < 1.29 is 19.1 Å². The predicted octanol–water partition coefficient (Wildman–Crippen LogP) is 5.58. The summed E-state index contributed by atoms with van der Waals surface area (Å²) in [4.78, 5) is 30.4. The Kier molecular flexibility index (Phi) is 9.26. The molecule has 0 spiro atoms. The third kappa shape index (κ3) is 6.40. The molecule has 8 heteroatoms. The zero-order chi connectivity index (χ0) is 25.5. The average molecular weight is 500 g/mol. The van der Waals surface area contributed by atoms with Gasteiger partial charge in [0.2, 0.25) is 0 Å². The molecule has 0 saturated carbocycles. The first-order valence-electron chi connectivity index (χ1n) is 12.0. The lowest BCUT2D eigenvalue weighted by molar-refractivity contribution is -0.144. The van der Waals surface area contributed by atoms with Gasteiger partial charge in [-0.3, -0.25) is 14.5 Å². The van der Waals surface area contributed by atoms with Crippen LogP contribution in [0.2, 0.25) is 5.02 Å². The normalized spacial score (nSPS) is 17.8. The van der Waals surface area contributed by atoms with Crippen molar-refractivity contribution in [2.45, 2.75) is 65.8 Å². The summed E-state index contributed by atoms with van der Waals surface area (Å²) in [7, 11) is 1.33. The van der Waals surface area contributed by atoms with E-state index >= 15 is 0 Å². The average Bonchev–Trinajstić information content (AvgIpc) is 3.14. The molecular weight excluding hydrogens is 466 g/mol. The Morgan fingerprint density at radius 1 is 1.06 bits per heavy atom. The van der Waals surface area contributed by atoms with Gasteiger partial charge in [0.15, 0.2) is 0 Å². The number of carbonyl (C=O) groups is 2. The third-order valence-electron chi connectivity index (χ3n) is 6.34. The second kappa shape index (κ2) is 12.2. The van der Waals surface area contributed by atoms with Gasteiger partial charge in [0.25, 0.3) is 0 Å². The van der Waals surface area contributed by atoms with Gasteiger partial charge in [0, 0.05) is 34.6 Å². The molecule has 0 N–H and O–H groups in total. The molecule has 1 aliphatic heterocycles. The number of unbranched alkanes of at least 4 members (excludes halogenated alkanes) is 3. The van der Waals surface area contributed by atoms with Gasteiger partial charge in [0.05, 0.1) is 25.0 Å². The zero-order valence-electron chi connectivity index (χ0n) is 21.1. The fraction of sp³-hybridized carbons (Fsp3) is 0.481. The molecule has 1 aromatic heterocycles. The number of carbonyl (C=O) groups excluding carboxylic acids is 2. The molecule has 0 saturated heterocycles. The van der Waals surface area contributed by atoms with Crippen molar-refractivity contribution in [3.63, 3.8) is 0 Å². The molecule has 35 heavy (non-hydrogen) atoms. The number of methoxy groups -OCH3 is 1. The number of esters is 2. The van der Waals surface area contributed by atoms with Crippen molar-refractivity contribution in [3.05, 3.63) is 63.6 Å². The van der Waals surface area contributed by atoms with Crippen LogP contribution in [0.3, 0.4) is 0 Å². The van der Waals surface area contributed by atoms with Gasteiger partial charge < -0.3 is 9.47 Å². The maximum atomic E-state index is 13.2. The minimum absolute atomic E-state index is 0.302. The molecule has 7 nitrogen and oxygen atoms in total. The standard InChI is InChI=1S/C27H34ClN3O4/c1-17-16-18(2)31(30-17)14-10-6-7-11-15-35-27(33)24-20(4)29-19(3)23(26(32)34-5)25(24)21-12-8-9-13-22(21)28/h8-9,12-13,16,23,25H,6-7,10-11,14-15H2,1-5H3. The molecule has 1 aromatic carbocycles. The maximum absolute atomic E-state index is 13.2. The minimum atomic E-state index is -0.750. The van der Waals surface area contributed by atoms with Gasteiger partial charge >= 0.3 is 11.9 Å². The maximum Gasteiger partial charge on any atom is 0.336 e. The fourth-order valence-electron chi connectivity index (χ4n) is 4.66. The molecule has 0 fully saturated rings. The van der Waals surface area contributed by atoms with Crippen LogP contribution in [0.5, 0.6) is 0 Å². The number of nitrogens with zero attached hydrogens (tertiary/aromatic N) is 3. The van der Waals surface area contributed by atoms with E-state index in [4.69, 9.17) is 21.1 Å². The van der Waals surface area contributed by atoms with Gasteiger partial charge in [-0.1, -0.05) is 36.2 Å². The molecule has 0 amide bonds. The van der Waals surface area contributed by atoms with Crippen LogP contribution >= 0.6 is 11.6 Å². The Labute approximate surface area is 212 Å². The number of allylic oxidation sites excluding steroid dienone is 1. The number of aromatic nitrogens is 2. The summed E-state index contributed by atoms with van der Waals surface area (Å²) < 4.78 is 12.7. The highest BCUT2D eigenvalue weighted by molar-refractivity contribution is 6.31. The van der Waals surface area contributed by atoms with Crippen molar-refractivity contribution in [2.24, 2.45) is 10.9 Å². The number of hydrogen-bond acceptors (Lipinski definition) is 6. The third-order valence-corrected chi connectivity index (χ3v) is 6.69. The first-order chi connectivity index (χ1) is 16.7. The summed E-state index contributed by atoms with van der Waals surface area (Å²) in [6.07, 6.45) is 3.74. The van der Waals surface area contributed by atoms with Crippen LogP contribution in [0.15, 0.2) is 46.6 Å². The summed E-state index contributed by atoms with van der Waals surface area (Å²) in [5, 5.41) is 4.96. The zero-order valence-corrected chi connectivity index (χ0v) is 21.9. The van der Waals surface area contributed by atoms with E-state index in [0.29, 0.717) is 34.2 Å².